The molecule has 0 aliphatic heterocycles. The molecule has 0 saturated heterocycles. The maximum absolute atomic E-state index is 13.2. The molecule has 0 aliphatic carbocycles. The zero-order valence-corrected chi connectivity index (χ0v) is 22.0. The molecule has 168 valence electrons. The molecule has 0 spiro atoms. The van der Waals surface area contributed by atoms with E-state index in [4.69, 9.17) is 15.2 Å². The molecule has 0 atom stereocenters. The lowest BCUT2D eigenvalue weighted by atomic mass is 10.2. The van der Waals surface area contributed by atoms with Gasteiger partial charge in [0.25, 0.3) is 11.5 Å². The second-order valence-corrected chi connectivity index (χ2v) is 9.18. The SMILES string of the molecule is CCCc1nc2ccc(Br)cc2c(=O)n1N=Cc1cc(OC)c(OCC(N)=O)c(Br)c1Br. The number of nitrogens with zero attached hydrogens (tertiary/aromatic N) is 3. The number of primary amides is 1. The van der Waals surface area contributed by atoms with Crippen molar-refractivity contribution >= 4 is 70.8 Å². The topological polar surface area (TPSA) is 109 Å². The summed E-state index contributed by atoms with van der Waals surface area (Å²) >= 11 is 10.3. The van der Waals surface area contributed by atoms with Gasteiger partial charge in [0.15, 0.2) is 18.1 Å². The van der Waals surface area contributed by atoms with Crippen molar-refractivity contribution in [3.8, 4) is 11.5 Å². The lowest BCUT2D eigenvalue weighted by Gasteiger charge is -2.14. The molecule has 0 saturated carbocycles. The number of hydrogen-bond acceptors (Lipinski definition) is 6. The fourth-order valence-electron chi connectivity index (χ4n) is 2.95. The summed E-state index contributed by atoms with van der Waals surface area (Å²) in [6.07, 6.45) is 2.92. The number of carbonyl (C=O) groups is 1. The van der Waals surface area contributed by atoms with Gasteiger partial charge in [-0.15, -0.1) is 0 Å². The largest absolute Gasteiger partial charge is 0.493 e. The van der Waals surface area contributed by atoms with Crippen molar-refractivity contribution in [3.63, 3.8) is 0 Å². The van der Waals surface area contributed by atoms with Gasteiger partial charge in [0, 0.05) is 20.9 Å². The van der Waals surface area contributed by atoms with Gasteiger partial charge in [-0.2, -0.15) is 9.78 Å². The maximum atomic E-state index is 13.2. The zero-order chi connectivity index (χ0) is 23.4. The minimum absolute atomic E-state index is 0.264. The van der Waals surface area contributed by atoms with Gasteiger partial charge in [-0.05, 0) is 62.5 Å². The normalized spacial score (nSPS) is 11.3. The summed E-state index contributed by atoms with van der Waals surface area (Å²) in [7, 11) is 1.47. The molecule has 0 unspecified atom stereocenters. The summed E-state index contributed by atoms with van der Waals surface area (Å²) in [5, 5.41) is 4.90. The Morgan fingerprint density at radius 2 is 2.00 bits per heavy atom. The number of amides is 1. The van der Waals surface area contributed by atoms with E-state index in [-0.39, 0.29) is 12.2 Å². The van der Waals surface area contributed by atoms with E-state index in [1.807, 2.05) is 13.0 Å². The minimum atomic E-state index is -0.612. The van der Waals surface area contributed by atoms with Crippen molar-refractivity contribution in [2.45, 2.75) is 19.8 Å². The molecule has 1 heterocycles. The van der Waals surface area contributed by atoms with E-state index in [9.17, 15) is 9.59 Å². The average Bonchev–Trinajstić information content (AvgIpc) is 2.76. The van der Waals surface area contributed by atoms with Gasteiger partial charge in [0.05, 0.1) is 28.7 Å². The van der Waals surface area contributed by atoms with Crippen molar-refractivity contribution < 1.29 is 14.3 Å². The molecule has 1 aromatic heterocycles. The average molecular weight is 631 g/mol. The third kappa shape index (κ3) is 5.21. The smallest absolute Gasteiger partial charge is 0.282 e. The fourth-order valence-corrected chi connectivity index (χ4v) is 4.24. The highest BCUT2D eigenvalue weighted by molar-refractivity contribution is 9.13. The second-order valence-electron chi connectivity index (χ2n) is 6.68. The lowest BCUT2D eigenvalue weighted by Crippen LogP contribution is -2.22. The van der Waals surface area contributed by atoms with Crippen LogP contribution in [0.15, 0.2) is 47.6 Å². The number of hydrogen-bond donors (Lipinski definition) is 1. The minimum Gasteiger partial charge on any atom is -0.493 e. The predicted octanol–water partition coefficient (Wildman–Crippen LogP) is 4.39. The van der Waals surface area contributed by atoms with Gasteiger partial charge in [-0.1, -0.05) is 22.9 Å². The van der Waals surface area contributed by atoms with Gasteiger partial charge in [0.2, 0.25) is 0 Å². The maximum Gasteiger partial charge on any atom is 0.282 e. The number of aromatic nitrogens is 2. The Labute approximate surface area is 209 Å². The van der Waals surface area contributed by atoms with Crippen molar-refractivity contribution in [1.82, 2.24) is 9.66 Å². The quantitative estimate of drug-likeness (QED) is 0.372. The summed E-state index contributed by atoms with van der Waals surface area (Å²) in [6.45, 7) is 1.71. The number of benzene rings is 2. The van der Waals surface area contributed by atoms with Crippen molar-refractivity contribution in [2.24, 2.45) is 10.8 Å². The van der Waals surface area contributed by atoms with E-state index in [2.05, 4.69) is 57.9 Å². The molecule has 0 radical (unpaired) electrons. The van der Waals surface area contributed by atoms with Gasteiger partial charge < -0.3 is 15.2 Å². The molecule has 2 N–H and O–H groups in total. The summed E-state index contributed by atoms with van der Waals surface area (Å²) in [6, 6.07) is 7.05. The third-order valence-corrected chi connectivity index (χ3v) is 7.03. The van der Waals surface area contributed by atoms with E-state index in [0.29, 0.717) is 49.2 Å². The molecule has 0 aliphatic rings. The number of carbonyl (C=O) groups excluding carboxylic acids is 1. The Morgan fingerprint density at radius 1 is 1.25 bits per heavy atom. The van der Waals surface area contributed by atoms with Gasteiger partial charge in [-0.25, -0.2) is 4.98 Å². The highest BCUT2D eigenvalue weighted by Crippen LogP contribution is 2.42. The molecule has 1 amide bonds. The van der Waals surface area contributed by atoms with Gasteiger partial charge >= 0.3 is 0 Å². The highest BCUT2D eigenvalue weighted by atomic mass is 79.9. The number of halogens is 3. The molecule has 2 aromatic carbocycles. The number of ether oxygens (including phenoxy) is 2. The van der Waals surface area contributed by atoms with Crippen LogP contribution in [0.3, 0.4) is 0 Å². The Kier molecular flexibility index (Phi) is 8.07. The van der Waals surface area contributed by atoms with Crippen LogP contribution in [0.2, 0.25) is 0 Å². The van der Waals surface area contributed by atoms with Crippen molar-refractivity contribution in [1.29, 1.82) is 0 Å². The summed E-state index contributed by atoms with van der Waals surface area (Å²) in [5.74, 6) is 0.631. The van der Waals surface area contributed by atoms with Gasteiger partial charge in [-0.3, -0.25) is 9.59 Å². The van der Waals surface area contributed by atoms with Crippen LogP contribution in [0.4, 0.5) is 0 Å². The molecule has 0 fully saturated rings. The number of nitrogens with two attached hydrogens (primary N) is 1. The molecule has 3 aromatic rings. The molecule has 0 bridgehead atoms. The highest BCUT2D eigenvalue weighted by Gasteiger charge is 2.18. The van der Waals surface area contributed by atoms with Crippen LogP contribution in [0.5, 0.6) is 11.5 Å². The first-order valence-corrected chi connectivity index (χ1v) is 11.9. The number of rotatable bonds is 8. The van der Waals surface area contributed by atoms with E-state index >= 15 is 0 Å². The molecular formula is C21H19Br3N4O4. The van der Waals surface area contributed by atoms with E-state index in [1.165, 1.54) is 18.0 Å². The zero-order valence-electron chi connectivity index (χ0n) is 17.2. The summed E-state index contributed by atoms with van der Waals surface area (Å²) in [4.78, 5) is 28.9. The first-order chi connectivity index (χ1) is 15.3. The molecule has 3 rings (SSSR count). The van der Waals surface area contributed by atoms with Crippen LogP contribution < -0.4 is 20.8 Å². The standard InChI is InChI=1S/C21H19Br3N4O4/c1-3-4-17-27-14-6-5-12(22)8-13(14)21(30)28(17)26-9-11-7-15(31-2)20(19(24)18(11)23)32-10-16(25)29/h5-9H,3-4,10H2,1-2H3,(H2,25,29). The number of aryl methyl sites for hydroxylation is 1. The Hall–Kier alpha value is -2.24. The molecule has 8 nitrogen and oxygen atoms in total. The van der Waals surface area contributed by atoms with Crippen molar-refractivity contribution in [2.75, 3.05) is 13.7 Å². The molecule has 11 heteroatoms. The Bertz CT molecular complexity index is 1270. The fraction of sp³-hybridized carbons (Fsp3) is 0.238. The first-order valence-electron chi connectivity index (χ1n) is 9.49. The van der Waals surface area contributed by atoms with Gasteiger partial charge in [0.1, 0.15) is 5.82 Å². The van der Waals surface area contributed by atoms with Crippen LogP contribution in [-0.4, -0.2) is 35.5 Å². The summed E-state index contributed by atoms with van der Waals surface area (Å²) < 4.78 is 14.1. The lowest BCUT2D eigenvalue weighted by molar-refractivity contribution is -0.119. The third-order valence-electron chi connectivity index (χ3n) is 4.40. The second kappa shape index (κ2) is 10.6. The van der Waals surface area contributed by atoms with Crippen LogP contribution in [-0.2, 0) is 11.2 Å². The van der Waals surface area contributed by atoms with Crippen LogP contribution >= 0.6 is 47.8 Å². The molecule has 32 heavy (non-hydrogen) atoms. The Morgan fingerprint density at radius 3 is 2.66 bits per heavy atom. The molecular weight excluding hydrogens is 612 g/mol. The van der Waals surface area contributed by atoms with Crippen molar-refractivity contribution in [3.05, 3.63) is 59.4 Å². The van der Waals surface area contributed by atoms with E-state index in [1.54, 1.807) is 18.2 Å². The number of methoxy groups -OCH3 is 1. The van der Waals surface area contributed by atoms with E-state index in [0.717, 1.165) is 10.9 Å². The Balaban J connectivity index is 2.11. The first kappa shape index (κ1) is 24.4. The van der Waals surface area contributed by atoms with Crippen LogP contribution in [0.25, 0.3) is 10.9 Å². The summed E-state index contributed by atoms with van der Waals surface area (Å²) in [5.41, 5.74) is 6.14. The monoisotopic (exact) mass is 628 g/mol. The van der Waals surface area contributed by atoms with Crippen LogP contribution in [0, 0.1) is 0 Å². The predicted molar refractivity (Wildman–Crippen MR) is 134 cm³/mol. The number of fused-ring (bicyclic) bond motifs is 1. The van der Waals surface area contributed by atoms with Crippen LogP contribution in [0.1, 0.15) is 24.7 Å². The van der Waals surface area contributed by atoms with E-state index < -0.39 is 5.91 Å².